The fraction of sp³-hybridized carbons (Fsp3) is 0.391. The summed E-state index contributed by atoms with van der Waals surface area (Å²) in [6.07, 6.45) is 6.59. The standard InChI is InChI=1S/C23H25F2N5/c1-15-7-17(16-3-2-6-29(13-16)21-4-5-21)9-20(8-15)27-23-26-14-30(28-23)22-11-18(24)10-19(25)12-22/h7-12,14,16,21H,2-6,13H2,1H3,(H,27,28). The zero-order valence-corrected chi connectivity index (χ0v) is 17.0. The lowest BCUT2D eigenvalue weighted by Gasteiger charge is -2.33. The molecule has 30 heavy (non-hydrogen) atoms. The second-order valence-corrected chi connectivity index (χ2v) is 8.46. The third-order valence-corrected chi connectivity index (χ3v) is 5.95. The largest absolute Gasteiger partial charge is 0.323 e. The minimum Gasteiger partial charge on any atom is -0.323 e. The number of rotatable bonds is 5. The van der Waals surface area contributed by atoms with Gasteiger partial charge in [0.25, 0.3) is 0 Å². The summed E-state index contributed by atoms with van der Waals surface area (Å²) in [5.41, 5.74) is 3.75. The predicted molar refractivity (Wildman–Crippen MR) is 112 cm³/mol. The van der Waals surface area contributed by atoms with Crippen molar-refractivity contribution in [2.75, 3.05) is 18.4 Å². The number of piperidine rings is 1. The summed E-state index contributed by atoms with van der Waals surface area (Å²) in [6.45, 7) is 4.45. The Hall–Kier alpha value is -2.80. The van der Waals surface area contributed by atoms with Crippen LogP contribution in [-0.2, 0) is 0 Å². The first-order valence-electron chi connectivity index (χ1n) is 10.5. The van der Waals surface area contributed by atoms with E-state index < -0.39 is 11.6 Å². The molecule has 2 heterocycles. The molecule has 7 heteroatoms. The third kappa shape index (κ3) is 4.21. The zero-order valence-electron chi connectivity index (χ0n) is 17.0. The lowest BCUT2D eigenvalue weighted by Crippen LogP contribution is -2.35. The Kier molecular flexibility index (Phi) is 4.98. The Morgan fingerprint density at radius 2 is 1.80 bits per heavy atom. The van der Waals surface area contributed by atoms with Gasteiger partial charge in [-0.05, 0) is 80.5 Å². The van der Waals surface area contributed by atoms with E-state index in [4.69, 9.17) is 0 Å². The van der Waals surface area contributed by atoms with E-state index in [9.17, 15) is 8.78 Å². The van der Waals surface area contributed by atoms with Gasteiger partial charge in [-0.3, -0.25) is 4.90 Å². The summed E-state index contributed by atoms with van der Waals surface area (Å²) >= 11 is 0. The van der Waals surface area contributed by atoms with Gasteiger partial charge in [0.05, 0.1) is 5.69 Å². The first-order chi connectivity index (χ1) is 14.5. The second kappa shape index (κ2) is 7.80. The van der Waals surface area contributed by atoms with E-state index in [2.05, 4.69) is 45.4 Å². The maximum absolute atomic E-state index is 13.5. The maximum Gasteiger partial charge on any atom is 0.246 e. The third-order valence-electron chi connectivity index (χ3n) is 5.95. The number of benzene rings is 2. The highest BCUT2D eigenvalue weighted by Gasteiger charge is 2.33. The number of aromatic nitrogens is 3. The zero-order chi connectivity index (χ0) is 20.7. The Morgan fingerprint density at radius 3 is 2.57 bits per heavy atom. The number of halogens is 2. The van der Waals surface area contributed by atoms with Gasteiger partial charge in [0, 0.05) is 24.3 Å². The molecule has 0 bridgehead atoms. The van der Waals surface area contributed by atoms with Crippen molar-refractivity contribution in [1.29, 1.82) is 0 Å². The van der Waals surface area contributed by atoms with E-state index in [0.29, 0.717) is 17.6 Å². The van der Waals surface area contributed by atoms with Crippen LogP contribution in [0.3, 0.4) is 0 Å². The molecule has 1 saturated heterocycles. The van der Waals surface area contributed by atoms with Gasteiger partial charge in [-0.1, -0.05) is 6.07 Å². The van der Waals surface area contributed by atoms with Crippen LogP contribution in [0.4, 0.5) is 20.4 Å². The van der Waals surface area contributed by atoms with Crippen LogP contribution in [0.5, 0.6) is 0 Å². The number of likely N-dealkylation sites (tertiary alicyclic amines) is 1. The van der Waals surface area contributed by atoms with Gasteiger partial charge in [-0.2, -0.15) is 4.98 Å². The van der Waals surface area contributed by atoms with E-state index in [1.807, 2.05) is 0 Å². The Bertz CT molecular complexity index is 1040. The van der Waals surface area contributed by atoms with Crippen molar-refractivity contribution in [2.45, 2.75) is 44.6 Å². The van der Waals surface area contributed by atoms with Crippen molar-refractivity contribution >= 4 is 11.6 Å². The lowest BCUT2D eigenvalue weighted by atomic mass is 9.89. The minimum atomic E-state index is -0.647. The molecule has 156 valence electrons. The topological polar surface area (TPSA) is 46.0 Å². The monoisotopic (exact) mass is 409 g/mol. The lowest BCUT2D eigenvalue weighted by molar-refractivity contribution is 0.199. The molecule has 1 unspecified atom stereocenters. The van der Waals surface area contributed by atoms with Gasteiger partial charge in [-0.15, -0.1) is 5.10 Å². The molecule has 2 aromatic carbocycles. The van der Waals surface area contributed by atoms with Crippen LogP contribution in [0.15, 0.2) is 42.7 Å². The van der Waals surface area contributed by atoms with Crippen LogP contribution < -0.4 is 5.32 Å². The number of anilines is 2. The molecule has 2 fully saturated rings. The van der Waals surface area contributed by atoms with Crippen molar-refractivity contribution in [3.63, 3.8) is 0 Å². The molecule has 0 spiro atoms. The van der Waals surface area contributed by atoms with Gasteiger partial charge in [0.2, 0.25) is 5.95 Å². The van der Waals surface area contributed by atoms with Gasteiger partial charge >= 0.3 is 0 Å². The Morgan fingerprint density at radius 1 is 1.00 bits per heavy atom. The summed E-state index contributed by atoms with van der Waals surface area (Å²) in [6, 6.07) is 10.6. The molecule has 3 aromatic rings. The molecule has 1 saturated carbocycles. The number of nitrogens with zero attached hydrogens (tertiary/aromatic N) is 4. The van der Waals surface area contributed by atoms with Crippen LogP contribution in [0.25, 0.3) is 5.69 Å². The molecular formula is C23H25F2N5. The summed E-state index contributed by atoms with van der Waals surface area (Å²) in [5.74, 6) is -0.364. The summed E-state index contributed by atoms with van der Waals surface area (Å²) in [7, 11) is 0. The average Bonchev–Trinajstić information content (AvgIpc) is 3.46. The van der Waals surface area contributed by atoms with E-state index in [-0.39, 0.29) is 0 Å². The van der Waals surface area contributed by atoms with Crippen molar-refractivity contribution in [2.24, 2.45) is 0 Å². The highest BCUT2D eigenvalue weighted by atomic mass is 19.1. The van der Waals surface area contributed by atoms with Crippen LogP contribution in [0, 0.1) is 18.6 Å². The van der Waals surface area contributed by atoms with Crippen molar-refractivity contribution in [3.05, 3.63) is 65.5 Å². The Labute approximate surface area is 174 Å². The van der Waals surface area contributed by atoms with Gasteiger partial charge in [0.15, 0.2) is 0 Å². The summed E-state index contributed by atoms with van der Waals surface area (Å²) in [5, 5.41) is 7.57. The number of aryl methyl sites for hydroxylation is 1. The quantitative estimate of drug-likeness (QED) is 0.648. The number of hydrogen-bond donors (Lipinski definition) is 1. The van der Waals surface area contributed by atoms with E-state index in [1.165, 1.54) is 66.5 Å². The van der Waals surface area contributed by atoms with Crippen LogP contribution in [-0.4, -0.2) is 38.8 Å². The maximum atomic E-state index is 13.5. The number of nitrogens with one attached hydrogen (secondary N) is 1. The van der Waals surface area contributed by atoms with Gasteiger partial charge < -0.3 is 5.32 Å². The second-order valence-electron chi connectivity index (χ2n) is 8.46. The van der Waals surface area contributed by atoms with Gasteiger partial charge in [-0.25, -0.2) is 13.5 Å². The van der Waals surface area contributed by atoms with Crippen molar-refractivity contribution in [1.82, 2.24) is 19.7 Å². The molecule has 1 aromatic heterocycles. The molecule has 5 nitrogen and oxygen atoms in total. The Balaban J connectivity index is 1.34. The molecular weight excluding hydrogens is 384 g/mol. The first-order valence-corrected chi connectivity index (χ1v) is 10.5. The molecule has 2 aliphatic rings. The smallest absolute Gasteiger partial charge is 0.246 e. The average molecular weight is 409 g/mol. The molecule has 1 aliphatic heterocycles. The van der Waals surface area contributed by atoms with Crippen LogP contribution >= 0.6 is 0 Å². The fourth-order valence-corrected chi connectivity index (χ4v) is 4.42. The minimum absolute atomic E-state index is 0.292. The van der Waals surface area contributed by atoms with E-state index in [1.54, 1.807) is 0 Å². The molecule has 5 rings (SSSR count). The molecule has 1 aliphatic carbocycles. The summed E-state index contributed by atoms with van der Waals surface area (Å²) in [4.78, 5) is 6.89. The molecule has 1 atom stereocenters. The van der Waals surface area contributed by atoms with Crippen LogP contribution in [0.2, 0.25) is 0 Å². The molecule has 1 N–H and O–H groups in total. The van der Waals surface area contributed by atoms with Crippen LogP contribution in [0.1, 0.15) is 42.7 Å². The van der Waals surface area contributed by atoms with Crippen molar-refractivity contribution < 1.29 is 8.78 Å². The van der Waals surface area contributed by atoms with E-state index >= 15 is 0 Å². The number of hydrogen-bond acceptors (Lipinski definition) is 4. The normalized spacial score (nSPS) is 19.8. The highest BCUT2D eigenvalue weighted by molar-refractivity contribution is 5.56. The molecule has 0 amide bonds. The summed E-state index contributed by atoms with van der Waals surface area (Å²) < 4.78 is 28.3. The SMILES string of the molecule is Cc1cc(Nc2ncn(-c3cc(F)cc(F)c3)n2)cc(C2CCCN(C3CC3)C2)c1. The molecule has 0 radical (unpaired) electrons. The van der Waals surface area contributed by atoms with E-state index in [0.717, 1.165) is 24.3 Å². The van der Waals surface area contributed by atoms with Crippen molar-refractivity contribution in [3.8, 4) is 5.69 Å². The first kappa shape index (κ1) is 19.2. The fourth-order valence-electron chi connectivity index (χ4n) is 4.42. The predicted octanol–water partition coefficient (Wildman–Crippen LogP) is 4.94. The highest BCUT2D eigenvalue weighted by Crippen LogP contribution is 2.35. The van der Waals surface area contributed by atoms with Gasteiger partial charge in [0.1, 0.15) is 18.0 Å².